The summed E-state index contributed by atoms with van der Waals surface area (Å²) in [5, 5.41) is 31.6. The summed E-state index contributed by atoms with van der Waals surface area (Å²) in [4.78, 5) is 109. The van der Waals surface area contributed by atoms with Gasteiger partial charge in [-0.1, -0.05) is 44.2 Å². The third-order valence-electron chi connectivity index (χ3n) is 8.96. The molecule has 1 heterocycles. The molecule has 1 aromatic rings. The molecule has 7 amide bonds. The van der Waals surface area contributed by atoms with E-state index in [2.05, 4.69) is 31.6 Å². The number of rotatable bonds is 23. The standard InChI is InChI=1S/C36H57N11O10/c1-19(2)15-24(45-33(54)25(44-30(51)22(37)18-48)16-21-9-5-4-6-10-21)32(53)42-20(3)29(50)43-23(11-7-13-41-36(39)40)31(52)46-26(17-28(38)49)34(55)47-14-8-12-27(47)35(56)57/h4-6,9-10,19-20,22-27,48H,7-8,11-18,37H2,1-3H3,(H2,38,49)(H,42,53)(H,43,50)(H,44,51)(H,45,54)(H,46,52)(H,56,57)(H4,39,40,41)/t20-,22-,23-,24-,25-,26-,27-/m0/s1. The lowest BCUT2D eigenvalue weighted by atomic mass is 10.0. The number of benzene rings is 1. The first-order valence-corrected chi connectivity index (χ1v) is 18.6. The number of aliphatic carboxylic acids is 1. The fourth-order valence-corrected chi connectivity index (χ4v) is 6.01. The number of aliphatic hydroxyl groups excluding tert-OH is 1. The number of primary amides is 1. The topological polar surface area (TPSA) is 357 Å². The number of amides is 7. The van der Waals surface area contributed by atoms with Crippen LogP contribution in [0.25, 0.3) is 0 Å². The third-order valence-corrected chi connectivity index (χ3v) is 8.96. The van der Waals surface area contributed by atoms with E-state index >= 15 is 0 Å². The predicted molar refractivity (Wildman–Crippen MR) is 206 cm³/mol. The summed E-state index contributed by atoms with van der Waals surface area (Å²) in [6.45, 7) is 4.41. The van der Waals surface area contributed by atoms with E-state index in [0.29, 0.717) is 12.0 Å². The molecule has 2 rings (SSSR count). The zero-order valence-electron chi connectivity index (χ0n) is 32.4. The lowest BCUT2D eigenvalue weighted by Gasteiger charge is -2.29. The molecule has 1 aliphatic heterocycles. The van der Waals surface area contributed by atoms with E-state index in [1.165, 1.54) is 6.92 Å². The zero-order valence-corrected chi connectivity index (χ0v) is 32.4. The Morgan fingerprint density at radius 3 is 1.96 bits per heavy atom. The molecule has 0 radical (unpaired) electrons. The van der Waals surface area contributed by atoms with Gasteiger partial charge in [-0.2, -0.15) is 0 Å². The van der Waals surface area contributed by atoms with E-state index in [1.54, 1.807) is 44.2 Å². The van der Waals surface area contributed by atoms with Crippen molar-refractivity contribution in [3.63, 3.8) is 0 Å². The van der Waals surface area contributed by atoms with Crippen molar-refractivity contribution < 1.29 is 48.6 Å². The van der Waals surface area contributed by atoms with E-state index in [4.69, 9.17) is 22.9 Å². The minimum Gasteiger partial charge on any atom is -0.480 e. The normalized spacial score (nSPS) is 16.8. The summed E-state index contributed by atoms with van der Waals surface area (Å²) < 4.78 is 0. The van der Waals surface area contributed by atoms with Gasteiger partial charge in [0, 0.05) is 19.5 Å². The summed E-state index contributed by atoms with van der Waals surface area (Å²) in [6.07, 6.45) is 0.151. The molecular formula is C36H57N11O10. The van der Waals surface area contributed by atoms with Gasteiger partial charge in [0.05, 0.1) is 13.0 Å². The van der Waals surface area contributed by atoms with Gasteiger partial charge in [-0.05, 0) is 50.5 Å². The number of carbonyl (C=O) groups is 8. The smallest absolute Gasteiger partial charge is 0.326 e. The molecule has 0 bridgehead atoms. The molecule has 57 heavy (non-hydrogen) atoms. The number of aliphatic imine (C=N–C) groups is 1. The molecule has 1 aliphatic rings. The van der Waals surface area contributed by atoms with Gasteiger partial charge < -0.3 is 64.6 Å². The third kappa shape index (κ3) is 16.0. The van der Waals surface area contributed by atoms with Crippen LogP contribution >= 0.6 is 0 Å². The molecule has 21 heteroatoms. The van der Waals surface area contributed by atoms with E-state index in [0.717, 1.165) is 4.90 Å². The van der Waals surface area contributed by atoms with Crippen LogP contribution in [-0.4, -0.2) is 130 Å². The molecule has 15 N–H and O–H groups in total. The second kappa shape index (κ2) is 23.3. The maximum Gasteiger partial charge on any atom is 0.326 e. The lowest BCUT2D eigenvalue weighted by molar-refractivity contribution is -0.149. The molecule has 0 saturated carbocycles. The molecule has 21 nitrogen and oxygen atoms in total. The van der Waals surface area contributed by atoms with Gasteiger partial charge in [0.25, 0.3) is 0 Å². The molecule has 1 aromatic carbocycles. The molecule has 1 fully saturated rings. The Labute approximate surface area is 330 Å². The van der Waals surface area contributed by atoms with Crippen molar-refractivity contribution in [3.05, 3.63) is 35.9 Å². The van der Waals surface area contributed by atoms with Crippen molar-refractivity contribution in [1.29, 1.82) is 0 Å². The van der Waals surface area contributed by atoms with Crippen molar-refractivity contribution in [2.75, 3.05) is 19.7 Å². The molecule has 0 aromatic heterocycles. The van der Waals surface area contributed by atoms with Crippen LogP contribution in [0.3, 0.4) is 0 Å². The van der Waals surface area contributed by atoms with Gasteiger partial charge in [-0.3, -0.25) is 38.6 Å². The number of nitrogens with two attached hydrogens (primary N) is 4. The summed E-state index contributed by atoms with van der Waals surface area (Å²) in [6, 6.07) is -0.283. The van der Waals surface area contributed by atoms with Crippen molar-refractivity contribution in [1.82, 2.24) is 31.5 Å². The molecule has 0 aliphatic carbocycles. The highest BCUT2D eigenvalue weighted by atomic mass is 16.4. The molecule has 1 saturated heterocycles. The summed E-state index contributed by atoms with van der Waals surface area (Å²) >= 11 is 0. The second-order valence-electron chi connectivity index (χ2n) is 14.2. The van der Waals surface area contributed by atoms with Gasteiger partial charge in [-0.15, -0.1) is 0 Å². The number of carboxylic acid groups (broad SMARTS) is 1. The SMILES string of the molecule is CC(C)C[C@H](NC(=O)[C@H](Cc1ccccc1)NC(=O)[C@@H](N)CO)C(=O)N[C@@H](C)C(=O)N[C@@H](CCCN=C(N)N)C(=O)N[C@@H](CC(N)=O)C(=O)N1CCC[C@H]1C(=O)O. The van der Waals surface area contributed by atoms with Crippen LogP contribution < -0.4 is 49.5 Å². The Balaban J connectivity index is 2.26. The maximum atomic E-state index is 13.6. The molecule has 0 spiro atoms. The number of likely N-dealkylation sites (tertiary alicyclic amines) is 1. The van der Waals surface area contributed by atoms with Crippen molar-refractivity contribution in [3.8, 4) is 0 Å². The Morgan fingerprint density at radius 2 is 1.39 bits per heavy atom. The Bertz CT molecular complexity index is 1610. The molecule has 7 atom stereocenters. The number of nitrogens with zero attached hydrogens (tertiary/aromatic N) is 2. The summed E-state index contributed by atoms with van der Waals surface area (Å²) in [7, 11) is 0. The highest BCUT2D eigenvalue weighted by Gasteiger charge is 2.39. The minimum atomic E-state index is -1.54. The highest BCUT2D eigenvalue weighted by molar-refractivity contribution is 5.98. The van der Waals surface area contributed by atoms with Crippen LogP contribution in [-0.2, 0) is 44.8 Å². The molecular weight excluding hydrogens is 746 g/mol. The number of hydrogen-bond donors (Lipinski definition) is 11. The summed E-state index contributed by atoms with van der Waals surface area (Å²) in [5.41, 5.74) is 22.5. The highest BCUT2D eigenvalue weighted by Crippen LogP contribution is 2.19. The fourth-order valence-electron chi connectivity index (χ4n) is 6.01. The van der Waals surface area contributed by atoms with Gasteiger partial charge in [-0.25, -0.2) is 4.79 Å². The number of guanidine groups is 1. The van der Waals surface area contributed by atoms with Gasteiger partial charge in [0.15, 0.2) is 5.96 Å². The van der Waals surface area contributed by atoms with Crippen LogP contribution in [0.4, 0.5) is 0 Å². The van der Waals surface area contributed by atoms with Crippen molar-refractivity contribution in [2.45, 2.75) is 108 Å². The first kappa shape index (κ1) is 47.3. The Hall–Kier alpha value is -5.83. The van der Waals surface area contributed by atoms with Crippen LogP contribution in [0, 0.1) is 5.92 Å². The summed E-state index contributed by atoms with van der Waals surface area (Å²) in [5.74, 6) is -7.39. The second-order valence-corrected chi connectivity index (χ2v) is 14.2. The van der Waals surface area contributed by atoms with Crippen LogP contribution in [0.15, 0.2) is 35.3 Å². The first-order valence-electron chi connectivity index (χ1n) is 18.6. The van der Waals surface area contributed by atoms with Gasteiger partial charge in [0.1, 0.15) is 42.3 Å². The quantitative estimate of drug-likeness (QED) is 0.0286. The zero-order chi connectivity index (χ0) is 42.8. The van der Waals surface area contributed by atoms with Crippen molar-refractivity contribution >= 4 is 53.3 Å². The number of aliphatic hydroxyl groups is 1. The van der Waals surface area contributed by atoms with Crippen LogP contribution in [0.1, 0.15) is 64.9 Å². The fraction of sp³-hybridized carbons (Fsp3) is 0.583. The number of carboxylic acids is 1. The average Bonchev–Trinajstić information content (AvgIpc) is 3.65. The van der Waals surface area contributed by atoms with Crippen LogP contribution in [0.5, 0.6) is 0 Å². The maximum absolute atomic E-state index is 13.6. The monoisotopic (exact) mass is 803 g/mol. The Morgan fingerprint density at radius 1 is 0.807 bits per heavy atom. The van der Waals surface area contributed by atoms with E-state index in [9.17, 15) is 48.6 Å². The predicted octanol–water partition coefficient (Wildman–Crippen LogP) is -3.96. The lowest BCUT2D eigenvalue weighted by Crippen LogP contribution is -2.60. The minimum absolute atomic E-state index is 0.0299. The van der Waals surface area contributed by atoms with E-state index < -0.39 is 103 Å². The van der Waals surface area contributed by atoms with E-state index in [-0.39, 0.29) is 57.1 Å². The van der Waals surface area contributed by atoms with Gasteiger partial charge >= 0.3 is 5.97 Å². The van der Waals surface area contributed by atoms with Crippen molar-refractivity contribution in [2.24, 2.45) is 33.8 Å². The van der Waals surface area contributed by atoms with E-state index in [1.807, 2.05) is 0 Å². The Kier molecular flexibility index (Phi) is 19.3. The number of carbonyl (C=O) groups excluding carboxylic acids is 7. The van der Waals surface area contributed by atoms with Gasteiger partial charge in [0.2, 0.25) is 41.4 Å². The number of nitrogens with one attached hydrogen (secondary N) is 5. The average molecular weight is 804 g/mol. The molecule has 0 unspecified atom stereocenters. The van der Waals surface area contributed by atoms with Crippen LogP contribution in [0.2, 0.25) is 0 Å². The molecule has 316 valence electrons. The first-order chi connectivity index (χ1) is 26.8. The largest absolute Gasteiger partial charge is 0.480 e. The number of hydrogen-bond acceptors (Lipinski definition) is 11.